The van der Waals surface area contributed by atoms with Crippen LogP contribution < -0.4 is 0 Å². The molecular formula is C13H16O3S. The molecule has 0 aliphatic heterocycles. The summed E-state index contributed by atoms with van der Waals surface area (Å²) in [5.74, 6) is -0.414. The number of aliphatic hydroxyl groups is 1. The second-order valence-corrected chi connectivity index (χ2v) is 4.42. The number of hydrogen-bond donors (Lipinski definition) is 1. The second kappa shape index (κ2) is 7.14. The van der Waals surface area contributed by atoms with Crippen LogP contribution in [0.2, 0.25) is 0 Å². The van der Waals surface area contributed by atoms with Crippen molar-refractivity contribution in [2.75, 3.05) is 13.4 Å². The van der Waals surface area contributed by atoms with Gasteiger partial charge in [0.15, 0.2) is 0 Å². The fourth-order valence-electron chi connectivity index (χ4n) is 1.37. The van der Waals surface area contributed by atoms with E-state index in [9.17, 15) is 9.90 Å². The lowest BCUT2D eigenvalue weighted by molar-refractivity contribution is -0.141. The van der Waals surface area contributed by atoms with E-state index in [0.29, 0.717) is 0 Å². The maximum absolute atomic E-state index is 11.4. The third-order valence-electron chi connectivity index (χ3n) is 2.28. The number of thioether (sulfide) groups is 1. The van der Waals surface area contributed by atoms with Crippen LogP contribution in [0.15, 0.2) is 36.4 Å². The van der Waals surface area contributed by atoms with Crippen LogP contribution in [0.25, 0.3) is 6.08 Å². The van der Waals surface area contributed by atoms with Crippen molar-refractivity contribution in [1.82, 2.24) is 0 Å². The molecular weight excluding hydrogens is 236 g/mol. The summed E-state index contributed by atoms with van der Waals surface area (Å²) in [6, 6.07) is 9.61. The third kappa shape index (κ3) is 4.24. The van der Waals surface area contributed by atoms with E-state index in [0.717, 1.165) is 5.56 Å². The number of methoxy groups -OCH3 is 1. The molecule has 3 nitrogen and oxygen atoms in total. The summed E-state index contributed by atoms with van der Waals surface area (Å²) < 4.78 is 4.62. The first-order chi connectivity index (χ1) is 8.19. The zero-order valence-electron chi connectivity index (χ0n) is 9.87. The van der Waals surface area contributed by atoms with Gasteiger partial charge in [0.1, 0.15) is 5.25 Å². The fourth-order valence-corrected chi connectivity index (χ4v) is 2.02. The molecule has 0 fully saturated rings. The van der Waals surface area contributed by atoms with Gasteiger partial charge < -0.3 is 9.84 Å². The van der Waals surface area contributed by atoms with Crippen LogP contribution in [0.1, 0.15) is 5.56 Å². The molecule has 0 aromatic heterocycles. The Morgan fingerprint density at radius 2 is 2.06 bits per heavy atom. The van der Waals surface area contributed by atoms with Gasteiger partial charge in [-0.25, -0.2) is 0 Å². The van der Waals surface area contributed by atoms with Crippen LogP contribution in [0, 0.1) is 0 Å². The average Bonchev–Trinajstić information content (AvgIpc) is 2.38. The van der Waals surface area contributed by atoms with Gasteiger partial charge in [0.2, 0.25) is 0 Å². The smallest absolute Gasteiger partial charge is 0.321 e. The molecule has 0 aliphatic carbocycles. The van der Waals surface area contributed by atoms with Crippen LogP contribution in [-0.2, 0) is 9.53 Å². The highest BCUT2D eigenvalue weighted by Gasteiger charge is 2.24. The monoisotopic (exact) mass is 252 g/mol. The molecule has 0 heterocycles. The number of benzene rings is 1. The zero-order chi connectivity index (χ0) is 12.7. The standard InChI is InChI=1S/C13H16O3S/c1-16-13(15)12(17-2)11(14)9-8-10-6-4-3-5-7-10/h3-9,11-12,14H,1-2H3/b9-8+/t11-,12-/m0/s1. The molecule has 1 rings (SSSR count). The first kappa shape index (κ1) is 13.8. The molecule has 2 atom stereocenters. The van der Waals surface area contributed by atoms with Crippen molar-refractivity contribution in [1.29, 1.82) is 0 Å². The highest BCUT2D eigenvalue weighted by atomic mass is 32.2. The Kier molecular flexibility index (Phi) is 5.80. The minimum atomic E-state index is -0.849. The molecule has 0 bridgehead atoms. The Morgan fingerprint density at radius 3 is 2.59 bits per heavy atom. The summed E-state index contributed by atoms with van der Waals surface area (Å²) in [6.07, 6.45) is 4.31. The largest absolute Gasteiger partial charge is 0.468 e. The van der Waals surface area contributed by atoms with E-state index in [1.165, 1.54) is 18.9 Å². The molecule has 0 amide bonds. The van der Waals surface area contributed by atoms with E-state index in [2.05, 4.69) is 4.74 Å². The molecule has 92 valence electrons. The topological polar surface area (TPSA) is 46.5 Å². The first-order valence-electron chi connectivity index (χ1n) is 5.21. The quantitative estimate of drug-likeness (QED) is 0.814. The lowest BCUT2D eigenvalue weighted by Crippen LogP contribution is -2.30. The maximum Gasteiger partial charge on any atom is 0.321 e. The highest BCUT2D eigenvalue weighted by molar-refractivity contribution is 8.00. The number of ether oxygens (including phenoxy) is 1. The van der Waals surface area contributed by atoms with Gasteiger partial charge in [-0.15, -0.1) is 11.8 Å². The van der Waals surface area contributed by atoms with Gasteiger partial charge in [0.25, 0.3) is 0 Å². The SMILES string of the molecule is COC(=O)[C@@H](SC)[C@@H](O)/C=C/c1ccccc1. The first-order valence-corrected chi connectivity index (χ1v) is 6.49. The predicted molar refractivity (Wildman–Crippen MR) is 70.8 cm³/mol. The van der Waals surface area contributed by atoms with E-state index in [1.807, 2.05) is 30.3 Å². The Balaban J connectivity index is 2.67. The third-order valence-corrected chi connectivity index (χ3v) is 3.26. The zero-order valence-corrected chi connectivity index (χ0v) is 10.7. The lowest BCUT2D eigenvalue weighted by Gasteiger charge is -2.15. The van der Waals surface area contributed by atoms with E-state index in [-0.39, 0.29) is 0 Å². The molecule has 0 radical (unpaired) electrons. The molecule has 1 aromatic carbocycles. The van der Waals surface area contributed by atoms with Crippen LogP contribution in [-0.4, -0.2) is 35.8 Å². The van der Waals surface area contributed by atoms with E-state index in [4.69, 9.17) is 0 Å². The number of rotatable bonds is 5. The maximum atomic E-state index is 11.4. The second-order valence-electron chi connectivity index (χ2n) is 3.44. The summed E-state index contributed by atoms with van der Waals surface area (Å²) >= 11 is 1.27. The number of aliphatic hydroxyl groups excluding tert-OH is 1. The highest BCUT2D eigenvalue weighted by Crippen LogP contribution is 2.15. The Bertz CT molecular complexity index is 376. The molecule has 0 spiro atoms. The number of carbonyl (C=O) groups is 1. The van der Waals surface area contributed by atoms with Gasteiger partial charge in [-0.1, -0.05) is 42.5 Å². The van der Waals surface area contributed by atoms with Gasteiger partial charge in [-0.3, -0.25) is 4.79 Å². The van der Waals surface area contributed by atoms with Gasteiger partial charge in [-0.2, -0.15) is 0 Å². The number of hydrogen-bond acceptors (Lipinski definition) is 4. The van der Waals surface area contributed by atoms with Gasteiger partial charge >= 0.3 is 5.97 Å². The Hall–Kier alpha value is -1.26. The normalized spacial score (nSPS) is 14.5. The van der Waals surface area contributed by atoms with Crippen LogP contribution in [0.4, 0.5) is 0 Å². The van der Waals surface area contributed by atoms with Crippen molar-refractivity contribution >= 4 is 23.8 Å². The minimum Gasteiger partial charge on any atom is -0.468 e. The van der Waals surface area contributed by atoms with Gasteiger partial charge in [0.05, 0.1) is 13.2 Å². The fraction of sp³-hybridized carbons (Fsp3) is 0.308. The predicted octanol–water partition coefficient (Wildman–Crippen LogP) is 1.97. The van der Waals surface area contributed by atoms with Crippen molar-refractivity contribution in [3.05, 3.63) is 42.0 Å². The molecule has 17 heavy (non-hydrogen) atoms. The molecule has 4 heteroatoms. The Morgan fingerprint density at radius 1 is 1.41 bits per heavy atom. The van der Waals surface area contributed by atoms with Crippen LogP contribution >= 0.6 is 11.8 Å². The Labute approximate surface area is 105 Å². The van der Waals surface area contributed by atoms with Crippen LogP contribution in [0.3, 0.4) is 0 Å². The van der Waals surface area contributed by atoms with E-state index in [1.54, 1.807) is 18.4 Å². The summed E-state index contributed by atoms with van der Waals surface area (Å²) in [5.41, 5.74) is 0.983. The molecule has 0 aliphatic rings. The van der Waals surface area contributed by atoms with Crippen molar-refractivity contribution in [2.24, 2.45) is 0 Å². The number of carbonyl (C=O) groups excluding carboxylic acids is 1. The molecule has 0 saturated carbocycles. The molecule has 1 aromatic rings. The minimum absolute atomic E-state index is 0.414. The molecule has 1 N–H and O–H groups in total. The summed E-state index contributed by atoms with van der Waals surface area (Å²) in [7, 11) is 1.32. The van der Waals surface area contributed by atoms with E-state index < -0.39 is 17.3 Å². The lowest BCUT2D eigenvalue weighted by atomic mass is 10.1. The summed E-state index contributed by atoms with van der Waals surface area (Å²) in [4.78, 5) is 11.4. The van der Waals surface area contributed by atoms with E-state index >= 15 is 0 Å². The molecule has 0 saturated heterocycles. The van der Waals surface area contributed by atoms with Gasteiger partial charge in [-0.05, 0) is 11.8 Å². The van der Waals surface area contributed by atoms with Crippen molar-refractivity contribution in [3.8, 4) is 0 Å². The average molecular weight is 252 g/mol. The van der Waals surface area contributed by atoms with Crippen molar-refractivity contribution < 1.29 is 14.6 Å². The van der Waals surface area contributed by atoms with Crippen molar-refractivity contribution in [3.63, 3.8) is 0 Å². The summed E-state index contributed by atoms with van der Waals surface area (Å²) in [5, 5.41) is 9.28. The number of esters is 1. The van der Waals surface area contributed by atoms with Crippen molar-refractivity contribution in [2.45, 2.75) is 11.4 Å². The van der Waals surface area contributed by atoms with Crippen LogP contribution in [0.5, 0.6) is 0 Å². The summed E-state index contributed by atoms with van der Waals surface area (Å²) in [6.45, 7) is 0. The van der Waals surface area contributed by atoms with Gasteiger partial charge in [0, 0.05) is 0 Å². The molecule has 0 unspecified atom stereocenters.